The molecule has 26 heavy (non-hydrogen) atoms. The topological polar surface area (TPSA) is 72.9 Å². The Hall–Kier alpha value is -2.09. The smallest absolute Gasteiger partial charge is 0.330 e. The molecule has 2 N–H and O–H groups in total. The van der Waals surface area contributed by atoms with E-state index in [1.54, 1.807) is 12.1 Å². The standard InChI is InChI=1S/C19H23N3O3S/c23-17(14-20-15-10-11-15)12-13-21-18-8-4-5-9-19(18)22(26(21,24)25)16-6-2-1-3-7-16/h1-9,15,17,20,23H,10-14H2/t17-/m0/s1. The van der Waals surface area contributed by atoms with Crippen LogP contribution < -0.4 is 13.9 Å². The van der Waals surface area contributed by atoms with Gasteiger partial charge in [0.1, 0.15) is 0 Å². The van der Waals surface area contributed by atoms with Gasteiger partial charge in [-0.05, 0) is 43.5 Å². The van der Waals surface area contributed by atoms with Gasteiger partial charge in [-0.3, -0.25) is 4.31 Å². The number of hydrogen-bond donors (Lipinski definition) is 2. The van der Waals surface area contributed by atoms with Gasteiger partial charge in [-0.1, -0.05) is 30.3 Å². The van der Waals surface area contributed by atoms with Crippen LogP contribution in [-0.2, 0) is 10.2 Å². The van der Waals surface area contributed by atoms with Gasteiger partial charge in [0.15, 0.2) is 0 Å². The molecule has 7 heteroatoms. The highest BCUT2D eigenvalue weighted by Crippen LogP contribution is 2.45. The molecule has 138 valence electrons. The van der Waals surface area contributed by atoms with Crippen molar-refractivity contribution < 1.29 is 13.5 Å². The third kappa shape index (κ3) is 3.30. The SMILES string of the molecule is O=S1(=O)N(CC[C@H](O)CNC2CC2)c2ccccc2N1c1ccccc1. The molecule has 4 rings (SSSR count). The first-order chi connectivity index (χ1) is 12.6. The molecule has 1 atom stereocenters. The van der Waals surface area contributed by atoms with E-state index >= 15 is 0 Å². The Balaban J connectivity index is 1.56. The summed E-state index contributed by atoms with van der Waals surface area (Å²) in [4.78, 5) is 0. The summed E-state index contributed by atoms with van der Waals surface area (Å²) >= 11 is 0. The van der Waals surface area contributed by atoms with Crippen molar-refractivity contribution in [2.24, 2.45) is 0 Å². The van der Waals surface area contributed by atoms with E-state index in [4.69, 9.17) is 0 Å². The Morgan fingerprint density at radius 1 is 1.04 bits per heavy atom. The number of aliphatic hydroxyl groups is 1. The Bertz CT molecular complexity index is 869. The molecule has 2 aliphatic rings. The maximum absolute atomic E-state index is 13.2. The zero-order valence-corrected chi connectivity index (χ0v) is 15.3. The van der Waals surface area contributed by atoms with Gasteiger partial charge >= 0.3 is 10.2 Å². The van der Waals surface area contributed by atoms with Crippen LogP contribution in [0, 0.1) is 0 Å². The van der Waals surface area contributed by atoms with Crippen LogP contribution in [0.5, 0.6) is 0 Å². The highest BCUT2D eigenvalue weighted by atomic mass is 32.2. The molecule has 0 unspecified atom stereocenters. The fourth-order valence-electron chi connectivity index (χ4n) is 3.22. The van der Waals surface area contributed by atoms with Crippen LogP contribution in [0.4, 0.5) is 17.1 Å². The fourth-order valence-corrected chi connectivity index (χ4v) is 4.95. The number of aliphatic hydroxyl groups excluding tert-OH is 1. The summed E-state index contributed by atoms with van der Waals surface area (Å²) < 4.78 is 29.2. The van der Waals surface area contributed by atoms with E-state index in [1.165, 1.54) is 8.61 Å². The lowest BCUT2D eigenvalue weighted by molar-refractivity contribution is 0.164. The maximum Gasteiger partial charge on any atom is 0.330 e. The molecule has 6 nitrogen and oxygen atoms in total. The van der Waals surface area contributed by atoms with Crippen LogP contribution >= 0.6 is 0 Å². The van der Waals surface area contributed by atoms with E-state index in [-0.39, 0.29) is 6.54 Å². The first kappa shape index (κ1) is 17.3. The molecular formula is C19H23N3O3S. The van der Waals surface area contributed by atoms with Crippen LogP contribution in [0.15, 0.2) is 54.6 Å². The second-order valence-corrected chi connectivity index (χ2v) is 8.50. The Morgan fingerprint density at radius 2 is 1.69 bits per heavy atom. The lowest BCUT2D eigenvalue weighted by Crippen LogP contribution is -2.38. The van der Waals surface area contributed by atoms with Gasteiger partial charge in [0.2, 0.25) is 0 Å². The molecule has 1 saturated carbocycles. The van der Waals surface area contributed by atoms with Gasteiger partial charge in [-0.25, -0.2) is 4.31 Å². The van der Waals surface area contributed by atoms with Gasteiger partial charge in [0.05, 0.1) is 23.2 Å². The number of anilines is 3. The lowest BCUT2D eigenvalue weighted by Gasteiger charge is -2.23. The van der Waals surface area contributed by atoms with E-state index in [1.807, 2.05) is 42.5 Å². The van der Waals surface area contributed by atoms with Crippen molar-refractivity contribution in [3.05, 3.63) is 54.6 Å². The number of para-hydroxylation sites is 3. The van der Waals surface area contributed by atoms with Crippen LogP contribution in [0.25, 0.3) is 0 Å². The lowest BCUT2D eigenvalue weighted by atomic mass is 10.2. The first-order valence-electron chi connectivity index (χ1n) is 8.96. The largest absolute Gasteiger partial charge is 0.392 e. The van der Waals surface area contributed by atoms with Crippen molar-refractivity contribution in [2.75, 3.05) is 21.7 Å². The average Bonchev–Trinajstić information content (AvgIpc) is 3.43. The fraction of sp³-hybridized carbons (Fsp3) is 0.368. The van der Waals surface area contributed by atoms with Crippen molar-refractivity contribution in [1.29, 1.82) is 0 Å². The van der Waals surface area contributed by atoms with Crippen molar-refractivity contribution in [3.8, 4) is 0 Å². The van der Waals surface area contributed by atoms with Gasteiger partial charge in [-0.2, -0.15) is 8.42 Å². The summed E-state index contributed by atoms with van der Waals surface area (Å²) in [6.07, 6.45) is 2.14. The maximum atomic E-state index is 13.2. The van der Waals surface area contributed by atoms with Crippen LogP contribution in [0.2, 0.25) is 0 Å². The van der Waals surface area contributed by atoms with E-state index < -0.39 is 16.3 Å². The number of nitrogens with zero attached hydrogens (tertiary/aromatic N) is 2. The predicted octanol–water partition coefficient (Wildman–Crippen LogP) is 2.39. The Morgan fingerprint density at radius 3 is 2.38 bits per heavy atom. The predicted molar refractivity (Wildman–Crippen MR) is 103 cm³/mol. The number of benzene rings is 2. The average molecular weight is 373 g/mol. The van der Waals surface area contributed by atoms with E-state index in [0.717, 1.165) is 12.8 Å². The quantitative estimate of drug-likeness (QED) is 0.782. The van der Waals surface area contributed by atoms with Crippen LogP contribution in [-0.4, -0.2) is 38.8 Å². The monoisotopic (exact) mass is 373 g/mol. The van der Waals surface area contributed by atoms with Gasteiger partial charge in [0, 0.05) is 19.1 Å². The summed E-state index contributed by atoms with van der Waals surface area (Å²) in [5, 5.41) is 13.5. The van der Waals surface area contributed by atoms with Crippen LogP contribution in [0.3, 0.4) is 0 Å². The molecule has 0 bridgehead atoms. The summed E-state index contributed by atoms with van der Waals surface area (Å²) in [5.41, 5.74) is 1.90. The van der Waals surface area contributed by atoms with E-state index in [0.29, 0.717) is 36.1 Å². The molecule has 1 aliphatic carbocycles. The molecule has 0 saturated heterocycles. The summed E-state index contributed by atoms with van der Waals surface area (Å²) in [5.74, 6) is 0. The first-order valence-corrected chi connectivity index (χ1v) is 10.4. The molecule has 2 aromatic rings. The number of nitrogens with one attached hydrogen (secondary N) is 1. The highest BCUT2D eigenvalue weighted by Gasteiger charge is 2.41. The number of hydrogen-bond acceptors (Lipinski definition) is 4. The summed E-state index contributed by atoms with van der Waals surface area (Å²) in [7, 11) is -3.72. The normalized spacial score (nSPS) is 19.4. The minimum atomic E-state index is -3.72. The van der Waals surface area contributed by atoms with Gasteiger partial charge in [-0.15, -0.1) is 0 Å². The second kappa shape index (κ2) is 6.90. The Labute approximate surface area is 154 Å². The van der Waals surface area contributed by atoms with Crippen LogP contribution in [0.1, 0.15) is 19.3 Å². The highest BCUT2D eigenvalue weighted by molar-refractivity contribution is 7.95. The molecule has 0 aromatic heterocycles. The van der Waals surface area contributed by atoms with Gasteiger partial charge in [0.25, 0.3) is 0 Å². The van der Waals surface area contributed by atoms with Crippen molar-refractivity contribution >= 4 is 27.3 Å². The minimum absolute atomic E-state index is 0.246. The molecule has 0 amide bonds. The van der Waals surface area contributed by atoms with Crippen molar-refractivity contribution in [2.45, 2.75) is 31.4 Å². The molecule has 2 aromatic carbocycles. The summed E-state index contributed by atoms with van der Waals surface area (Å²) in [6.45, 7) is 0.749. The van der Waals surface area contributed by atoms with Crippen molar-refractivity contribution in [3.63, 3.8) is 0 Å². The van der Waals surface area contributed by atoms with Crippen molar-refractivity contribution in [1.82, 2.24) is 5.32 Å². The molecule has 0 spiro atoms. The molecule has 1 fully saturated rings. The number of rotatable bonds is 7. The minimum Gasteiger partial charge on any atom is -0.392 e. The zero-order valence-electron chi connectivity index (χ0n) is 14.5. The molecule has 0 radical (unpaired) electrons. The number of fused-ring (bicyclic) bond motifs is 1. The Kier molecular flexibility index (Phi) is 4.60. The molecule has 1 aliphatic heterocycles. The van der Waals surface area contributed by atoms with E-state index in [9.17, 15) is 13.5 Å². The second-order valence-electron chi connectivity index (χ2n) is 6.79. The zero-order chi connectivity index (χ0) is 18.1. The third-order valence-corrected chi connectivity index (χ3v) is 6.56. The molecule has 1 heterocycles. The van der Waals surface area contributed by atoms with E-state index in [2.05, 4.69) is 5.32 Å². The third-order valence-electron chi connectivity index (χ3n) is 4.75. The molecular weight excluding hydrogens is 350 g/mol. The summed E-state index contributed by atoms with van der Waals surface area (Å²) in [6, 6.07) is 16.9. The van der Waals surface area contributed by atoms with Gasteiger partial charge < -0.3 is 10.4 Å².